The first-order valence-corrected chi connectivity index (χ1v) is 21.2. The number of nitrogens with one attached hydrogen (secondary N) is 3. The van der Waals surface area contributed by atoms with Crippen LogP contribution in [-0.4, -0.2) is 106 Å². The fourth-order valence-corrected chi connectivity index (χ4v) is 8.18. The van der Waals surface area contributed by atoms with Crippen molar-refractivity contribution in [1.82, 2.24) is 36.0 Å². The van der Waals surface area contributed by atoms with Crippen LogP contribution in [-0.2, 0) is 37.1 Å². The van der Waals surface area contributed by atoms with Crippen LogP contribution in [0.2, 0.25) is 0 Å². The van der Waals surface area contributed by atoms with Gasteiger partial charge in [-0.3, -0.25) is 19.2 Å². The number of hydrogen-bond donors (Lipinski definition) is 5. The number of rotatable bonds is 18. The molecule has 5 aromatic rings. The first-order valence-electron chi connectivity index (χ1n) is 20.4. The molecular weight excluding hydrogens is 842 g/mol. The van der Waals surface area contributed by atoms with E-state index in [1.165, 1.54) is 35.6 Å². The molecule has 4 amide bonds. The fraction of sp³-hybridized carbons (Fsp3) is 0.386. The molecule has 0 radical (unpaired) electrons. The summed E-state index contributed by atoms with van der Waals surface area (Å²) in [5.74, 6) is -4.09. The molecule has 0 bridgehead atoms. The van der Waals surface area contributed by atoms with E-state index in [1.807, 2.05) is 66.0 Å². The molecule has 0 spiro atoms. The maximum absolute atomic E-state index is 13.5. The number of likely N-dealkylation sites (tertiary alicyclic amines) is 1. The number of benzene rings is 3. The second kappa shape index (κ2) is 20.9. The molecular formula is C44H49F3N8O7S. The van der Waals surface area contributed by atoms with E-state index in [9.17, 15) is 37.5 Å². The molecule has 6 rings (SSSR count). The normalized spacial score (nSPS) is 15.3. The lowest BCUT2D eigenvalue weighted by Crippen LogP contribution is -2.55. The van der Waals surface area contributed by atoms with Crippen LogP contribution in [0.5, 0.6) is 0 Å². The molecule has 0 aliphatic carbocycles. The maximum Gasteiger partial charge on any atom is 0.471 e. The molecule has 0 saturated carbocycles. The summed E-state index contributed by atoms with van der Waals surface area (Å²) < 4.78 is 49.2. The Kier molecular flexibility index (Phi) is 15.4. The van der Waals surface area contributed by atoms with Gasteiger partial charge in [-0.05, 0) is 42.9 Å². The Labute approximate surface area is 365 Å². The van der Waals surface area contributed by atoms with E-state index >= 15 is 0 Å². The highest BCUT2D eigenvalue weighted by atomic mass is 32.1. The van der Waals surface area contributed by atoms with E-state index in [1.54, 1.807) is 18.7 Å². The SMILES string of the molecule is CC(C)[C@H](NC(=O)[C@@H](O)[C@H](N)Cc1ccccc1)C(=O)NCCOCC(=O)N1CCC(CNC(=O)c2cccc(-c3noc(C(F)(F)F)n3)c2)(c2nc(-c3ccccc3)cs2)CC1. The highest BCUT2D eigenvalue weighted by molar-refractivity contribution is 7.10. The second-order valence-corrected chi connectivity index (χ2v) is 16.5. The van der Waals surface area contributed by atoms with E-state index in [4.69, 9.17) is 15.5 Å². The number of nitrogens with two attached hydrogens (primary N) is 1. The van der Waals surface area contributed by atoms with Gasteiger partial charge >= 0.3 is 12.1 Å². The summed E-state index contributed by atoms with van der Waals surface area (Å²) in [7, 11) is 0. The van der Waals surface area contributed by atoms with Gasteiger partial charge in [0.1, 0.15) is 23.8 Å². The van der Waals surface area contributed by atoms with Gasteiger partial charge in [0.15, 0.2) is 0 Å². The van der Waals surface area contributed by atoms with Gasteiger partial charge in [-0.2, -0.15) is 18.2 Å². The van der Waals surface area contributed by atoms with Crippen LogP contribution in [0.15, 0.2) is 94.8 Å². The number of carbonyl (C=O) groups is 4. The number of ether oxygens (including phenoxy) is 1. The van der Waals surface area contributed by atoms with Crippen molar-refractivity contribution < 1.29 is 46.7 Å². The number of aliphatic hydroxyl groups excluding tert-OH is 1. The number of halogens is 3. The smallest absolute Gasteiger partial charge is 0.382 e. The average Bonchev–Trinajstić information content (AvgIpc) is 4.00. The number of hydrogen-bond acceptors (Lipinski definition) is 12. The van der Waals surface area contributed by atoms with Gasteiger partial charge in [-0.25, -0.2) is 4.98 Å². The van der Waals surface area contributed by atoms with Crippen LogP contribution < -0.4 is 21.7 Å². The zero-order valence-electron chi connectivity index (χ0n) is 34.6. The maximum atomic E-state index is 13.5. The summed E-state index contributed by atoms with van der Waals surface area (Å²) in [6, 6.07) is 22.9. The van der Waals surface area contributed by atoms with E-state index in [0.29, 0.717) is 25.9 Å². The largest absolute Gasteiger partial charge is 0.471 e. The third kappa shape index (κ3) is 12.1. The van der Waals surface area contributed by atoms with E-state index in [-0.39, 0.29) is 61.5 Å². The molecule has 0 unspecified atom stereocenters. The van der Waals surface area contributed by atoms with Crippen LogP contribution >= 0.6 is 11.3 Å². The van der Waals surface area contributed by atoms with Crippen molar-refractivity contribution in [2.45, 2.75) is 62.9 Å². The predicted octanol–water partition coefficient (Wildman–Crippen LogP) is 4.37. The van der Waals surface area contributed by atoms with E-state index in [2.05, 4.69) is 30.6 Å². The van der Waals surface area contributed by atoms with E-state index in [0.717, 1.165) is 21.8 Å². The lowest BCUT2D eigenvalue weighted by molar-refractivity contribution is -0.159. The standard InChI is InChI=1S/C44H49F3N8O7S/c1-27(2)35(52-40(60)36(57)32(48)22-28-10-5-3-6-11-28)39(59)49-18-21-61-24-34(56)55-19-16-43(17-20-55,42-51-33(25-63-42)29-12-7-4-8-13-29)26-50-38(58)31-15-9-14-30(23-31)37-53-41(62-54-37)44(45,46)47/h3-15,23,25,27,32,35-36,57H,16-22,24,26,48H2,1-2H3,(H,49,59)(H,50,58)(H,52,60)/t32-,35+,36+/m1/s1. The molecule has 19 heteroatoms. The van der Waals surface area contributed by atoms with Crippen molar-refractivity contribution in [3.05, 3.63) is 112 Å². The van der Waals surface area contributed by atoms with Crippen LogP contribution in [0.1, 0.15) is 53.5 Å². The molecule has 63 heavy (non-hydrogen) atoms. The fourth-order valence-electron chi connectivity index (χ4n) is 7.09. The summed E-state index contributed by atoms with van der Waals surface area (Å²) in [6.07, 6.45) is -5.17. The van der Waals surface area contributed by atoms with Crippen LogP contribution in [0.3, 0.4) is 0 Å². The summed E-state index contributed by atoms with van der Waals surface area (Å²) in [5, 5.41) is 25.0. The third-order valence-electron chi connectivity index (χ3n) is 10.7. The van der Waals surface area contributed by atoms with Crippen molar-refractivity contribution in [2.24, 2.45) is 11.7 Å². The Bertz CT molecular complexity index is 2320. The van der Waals surface area contributed by atoms with Gasteiger partial charge < -0.3 is 41.0 Å². The highest BCUT2D eigenvalue weighted by Crippen LogP contribution is 2.39. The summed E-state index contributed by atoms with van der Waals surface area (Å²) in [4.78, 5) is 62.8. The monoisotopic (exact) mass is 890 g/mol. The second-order valence-electron chi connectivity index (χ2n) is 15.6. The topological polar surface area (TPSA) is 215 Å². The quantitative estimate of drug-likeness (QED) is 0.0779. The lowest BCUT2D eigenvalue weighted by atomic mass is 9.78. The molecule has 1 saturated heterocycles. The van der Waals surface area contributed by atoms with Gasteiger partial charge in [0.25, 0.3) is 11.8 Å². The summed E-state index contributed by atoms with van der Waals surface area (Å²) in [6.45, 7) is 4.17. The Hall–Kier alpha value is -6.02. The lowest BCUT2D eigenvalue weighted by Gasteiger charge is -2.40. The Morgan fingerprint density at radius 3 is 2.29 bits per heavy atom. The average molecular weight is 891 g/mol. The molecule has 334 valence electrons. The number of amides is 4. The Balaban J connectivity index is 1.01. The predicted molar refractivity (Wildman–Crippen MR) is 227 cm³/mol. The molecule has 15 nitrogen and oxygen atoms in total. The number of carbonyl (C=O) groups excluding carboxylic acids is 4. The van der Waals surface area contributed by atoms with Crippen LogP contribution in [0.4, 0.5) is 13.2 Å². The third-order valence-corrected chi connectivity index (χ3v) is 11.8. The highest BCUT2D eigenvalue weighted by Gasteiger charge is 2.41. The Morgan fingerprint density at radius 1 is 0.937 bits per heavy atom. The first-order chi connectivity index (χ1) is 30.1. The van der Waals surface area contributed by atoms with Crippen molar-refractivity contribution in [1.29, 1.82) is 0 Å². The van der Waals surface area contributed by atoms with Gasteiger partial charge in [-0.1, -0.05) is 91.8 Å². The minimum atomic E-state index is -4.82. The number of nitrogens with zero attached hydrogens (tertiary/aromatic N) is 4. The molecule has 1 aliphatic rings. The van der Waals surface area contributed by atoms with Crippen molar-refractivity contribution in [3.63, 3.8) is 0 Å². The Morgan fingerprint density at radius 2 is 1.62 bits per heavy atom. The molecule has 3 heterocycles. The number of aromatic nitrogens is 3. The van der Waals surface area contributed by atoms with Crippen molar-refractivity contribution in [3.8, 4) is 22.6 Å². The number of alkyl halides is 3. The summed E-state index contributed by atoms with van der Waals surface area (Å²) in [5.41, 5.74) is 8.34. The zero-order chi connectivity index (χ0) is 45.1. The number of aliphatic hydroxyl groups is 1. The molecule has 1 aliphatic heterocycles. The van der Waals surface area contributed by atoms with Gasteiger partial charge in [0.2, 0.25) is 17.6 Å². The molecule has 3 atom stereocenters. The van der Waals surface area contributed by atoms with Crippen molar-refractivity contribution in [2.75, 3.05) is 39.4 Å². The molecule has 6 N–H and O–H groups in total. The van der Waals surface area contributed by atoms with E-state index < -0.39 is 53.4 Å². The number of piperidine rings is 1. The summed E-state index contributed by atoms with van der Waals surface area (Å²) >= 11 is 1.46. The molecule has 1 fully saturated rings. The molecule has 2 aromatic heterocycles. The van der Waals surface area contributed by atoms with Gasteiger partial charge in [0, 0.05) is 59.7 Å². The first kappa shape index (κ1) is 46.5. The van der Waals surface area contributed by atoms with Crippen molar-refractivity contribution >= 4 is 35.0 Å². The zero-order valence-corrected chi connectivity index (χ0v) is 35.5. The van der Waals surface area contributed by atoms with Crippen LogP contribution in [0.25, 0.3) is 22.6 Å². The minimum Gasteiger partial charge on any atom is -0.382 e. The van der Waals surface area contributed by atoms with Gasteiger partial charge in [-0.15, -0.1) is 11.3 Å². The number of thiazole rings is 1. The molecule has 3 aromatic carbocycles. The van der Waals surface area contributed by atoms with Crippen LogP contribution in [0, 0.1) is 5.92 Å². The minimum absolute atomic E-state index is 0.0173. The van der Waals surface area contributed by atoms with Gasteiger partial charge in [0.05, 0.1) is 12.3 Å².